The highest BCUT2D eigenvalue weighted by Crippen LogP contribution is 2.13. The van der Waals surface area contributed by atoms with Gasteiger partial charge in [0.15, 0.2) is 0 Å². The van der Waals surface area contributed by atoms with Crippen molar-refractivity contribution < 1.29 is 4.79 Å². The van der Waals surface area contributed by atoms with Crippen molar-refractivity contribution >= 4 is 23.1 Å². The molecule has 1 heterocycles. The second-order valence-electron chi connectivity index (χ2n) is 4.16. The Bertz CT molecular complexity index is 662. The Morgan fingerprint density at radius 2 is 1.90 bits per heavy atom. The Morgan fingerprint density at radius 1 is 1.20 bits per heavy atom. The molecular weight excluding hydrogens is 274 g/mol. The molecule has 0 spiro atoms. The zero-order valence-corrected chi connectivity index (χ0v) is 11.3. The monoisotopic (exact) mass is 287 g/mol. The van der Waals surface area contributed by atoms with Gasteiger partial charge in [0.1, 0.15) is 11.0 Å². The predicted molar refractivity (Wildman–Crippen MR) is 80.5 cm³/mol. The number of rotatable bonds is 4. The molecule has 0 aliphatic carbocycles. The lowest BCUT2D eigenvalue weighted by atomic mass is 10.1. The van der Waals surface area contributed by atoms with Crippen LogP contribution in [0.4, 0.5) is 0 Å². The molecule has 1 amide bonds. The molecule has 4 N–H and O–H groups in total. The van der Waals surface area contributed by atoms with Gasteiger partial charge in [0.05, 0.1) is 5.56 Å². The minimum atomic E-state index is -0.550. The number of pyridine rings is 1. The molecule has 0 bridgehead atoms. The molecule has 5 nitrogen and oxygen atoms in total. The summed E-state index contributed by atoms with van der Waals surface area (Å²) in [6.07, 6.45) is 1.35. The van der Waals surface area contributed by atoms with E-state index in [0.29, 0.717) is 5.56 Å². The van der Waals surface area contributed by atoms with Gasteiger partial charge in [0.25, 0.3) is 5.91 Å². The molecule has 2 rings (SSSR count). The largest absolute Gasteiger partial charge is 0.391 e. The van der Waals surface area contributed by atoms with E-state index in [4.69, 9.17) is 18.0 Å². The standard InChI is InChI=1S/C14H13N3O2S/c15-13(20)12(9-4-2-1-3-5-9)17-14(19)10-6-7-11(18)16-8-10/h1-8,12H,(H2,15,20)(H,16,18)(H,17,19). The van der Waals surface area contributed by atoms with Crippen molar-refractivity contribution in [2.45, 2.75) is 6.04 Å². The molecule has 1 atom stereocenters. The molecule has 0 radical (unpaired) electrons. The Morgan fingerprint density at radius 3 is 2.45 bits per heavy atom. The van der Waals surface area contributed by atoms with Gasteiger partial charge in [-0.1, -0.05) is 42.5 Å². The molecular formula is C14H13N3O2S. The summed E-state index contributed by atoms with van der Waals surface area (Å²) in [6.45, 7) is 0. The maximum Gasteiger partial charge on any atom is 0.253 e. The highest BCUT2D eigenvalue weighted by atomic mass is 32.1. The molecule has 1 aromatic heterocycles. The van der Waals surface area contributed by atoms with Crippen LogP contribution < -0.4 is 16.6 Å². The van der Waals surface area contributed by atoms with E-state index < -0.39 is 6.04 Å². The summed E-state index contributed by atoms with van der Waals surface area (Å²) in [4.78, 5) is 25.7. The molecule has 6 heteroatoms. The summed E-state index contributed by atoms with van der Waals surface area (Å²) in [5, 5.41) is 2.74. The molecule has 0 saturated heterocycles. The molecule has 102 valence electrons. The molecule has 2 aromatic rings. The minimum absolute atomic E-state index is 0.175. The second kappa shape index (κ2) is 6.12. The smallest absolute Gasteiger partial charge is 0.253 e. The number of nitrogens with one attached hydrogen (secondary N) is 2. The number of hydrogen-bond acceptors (Lipinski definition) is 3. The third kappa shape index (κ3) is 3.30. The SMILES string of the molecule is NC(=S)C(NC(=O)c1ccc(=O)[nH]c1)c1ccccc1. The fourth-order valence-electron chi connectivity index (χ4n) is 1.73. The number of benzene rings is 1. The highest BCUT2D eigenvalue weighted by molar-refractivity contribution is 7.80. The summed E-state index contributed by atoms with van der Waals surface area (Å²) in [5.74, 6) is -0.358. The van der Waals surface area contributed by atoms with E-state index in [9.17, 15) is 9.59 Å². The number of carbonyl (C=O) groups is 1. The number of aromatic nitrogens is 1. The first-order valence-corrected chi connectivity index (χ1v) is 6.32. The van der Waals surface area contributed by atoms with Crippen LogP contribution in [0.2, 0.25) is 0 Å². The topological polar surface area (TPSA) is 88.0 Å². The van der Waals surface area contributed by atoms with Crippen molar-refractivity contribution in [1.82, 2.24) is 10.3 Å². The van der Waals surface area contributed by atoms with Gasteiger partial charge in [0, 0.05) is 12.3 Å². The number of H-pyrrole nitrogens is 1. The quantitative estimate of drug-likeness (QED) is 0.736. The lowest BCUT2D eigenvalue weighted by molar-refractivity contribution is 0.0946. The van der Waals surface area contributed by atoms with E-state index >= 15 is 0 Å². The van der Waals surface area contributed by atoms with Gasteiger partial charge in [0.2, 0.25) is 5.56 Å². The normalized spacial score (nSPS) is 11.6. The summed E-state index contributed by atoms with van der Waals surface area (Å²) in [6, 6.07) is 11.4. The molecule has 0 saturated carbocycles. The van der Waals surface area contributed by atoms with E-state index in [0.717, 1.165) is 5.56 Å². The summed E-state index contributed by atoms with van der Waals surface area (Å²) in [5.41, 5.74) is 6.55. The van der Waals surface area contributed by atoms with Crippen LogP contribution in [-0.2, 0) is 0 Å². The van der Waals surface area contributed by atoms with E-state index in [1.807, 2.05) is 30.3 Å². The summed E-state index contributed by atoms with van der Waals surface area (Å²) < 4.78 is 0. The van der Waals surface area contributed by atoms with Crippen molar-refractivity contribution in [1.29, 1.82) is 0 Å². The Labute approximate surface area is 120 Å². The number of thiocarbonyl (C=S) groups is 1. The molecule has 0 aliphatic heterocycles. The highest BCUT2D eigenvalue weighted by Gasteiger charge is 2.18. The zero-order chi connectivity index (χ0) is 14.5. The third-order valence-electron chi connectivity index (χ3n) is 2.74. The first-order chi connectivity index (χ1) is 9.58. The minimum Gasteiger partial charge on any atom is -0.391 e. The first kappa shape index (κ1) is 14.0. The van der Waals surface area contributed by atoms with Crippen molar-refractivity contribution in [3.05, 3.63) is 70.1 Å². The van der Waals surface area contributed by atoms with Gasteiger partial charge in [-0.25, -0.2) is 0 Å². The third-order valence-corrected chi connectivity index (χ3v) is 2.97. The zero-order valence-electron chi connectivity index (χ0n) is 10.5. The number of carbonyl (C=O) groups excluding carboxylic acids is 1. The molecule has 1 unspecified atom stereocenters. The van der Waals surface area contributed by atoms with E-state index in [1.54, 1.807) is 0 Å². The average molecular weight is 287 g/mol. The lowest BCUT2D eigenvalue weighted by Crippen LogP contribution is -2.36. The number of nitrogens with two attached hydrogens (primary N) is 1. The van der Waals surface area contributed by atoms with Crippen LogP contribution in [0.25, 0.3) is 0 Å². The van der Waals surface area contributed by atoms with Gasteiger partial charge in [-0.2, -0.15) is 0 Å². The average Bonchev–Trinajstić information content (AvgIpc) is 2.46. The Hall–Kier alpha value is -2.47. The number of hydrogen-bond donors (Lipinski definition) is 3. The molecule has 20 heavy (non-hydrogen) atoms. The van der Waals surface area contributed by atoms with Crippen LogP contribution in [0, 0.1) is 0 Å². The van der Waals surface area contributed by atoms with E-state index in [-0.39, 0.29) is 16.5 Å². The van der Waals surface area contributed by atoms with Crippen LogP contribution in [-0.4, -0.2) is 15.9 Å². The second-order valence-corrected chi connectivity index (χ2v) is 4.63. The number of aromatic amines is 1. The summed E-state index contributed by atoms with van der Waals surface area (Å²) in [7, 11) is 0. The fourth-order valence-corrected chi connectivity index (χ4v) is 1.93. The Balaban J connectivity index is 2.21. The lowest BCUT2D eigenvalue weighted by Gasteiger charge is -2.17. The van der Waals surface area contributed by atoms with Crippen LogP contribution in [0.5, 0.6) is 0 Å². The van der Waals surface area contributed by atoms with Crippen molar-refractivity contribution in [3.8, 4) is 0 Å². The maximum absolute atomic E-state index is 12.1. The van der Waals surface area contributed by atoms with E-state index in [2.05, 4.69) is 10.3 Å². The number of amides is 1. The van der Waals surface area contributed by atoms with E-state index in [1.165, 1.54) is 18.3 Å². The van der Waals surface area contributed by atoms with Gasteiger partial charge >= 0.3 is 0 Å². The van der Waals surface area contributed by atoms with Crippen LogP contribution in [0.1, 0.15) is 22.0 Å². The van der Waals surface area contributed by atoms with Gasteiger partial charge in [-0.15, -0.1) is 0 Å². The van der Waals surface area contributed by atoms with Crippen LogP contribution >= 0.6 is 12.2 Å². The summed E-state index contributed by atoms with van der Waals surface area (Å²) >= 11 is 4.99. The van der Waals surface area contributed by atoms with Gasteiger partial charge < -0.3 is 16.0 Å². The van der Waals surface area contributed by atoms with Crippen molar-refractivity contribution in [2.75, 3.05) is 0 Å². The fraction of sp³-hybridized carbons (Fsp3) is 0.0714. The predicted octanol–water partition coefficient (Wildman–Crippen LogP) is 1.13. The molecule has 0 fully saturated rings. The van der Waals surface area contributed by atoms with Gasteiger partial charge in [-0.3, -0.25) is 9.59 Å². The molecule has 0 aliphatic rings. The first-order valence-electron chi connectivity index (χ1n) is 5.92. The van der Waals surface area contributed by atoms with Gasteiger partial charge in [-0.05, 0) is 11.6 Å². The van der Waals surface area contributed by atoms with Crippen LogP contribution in [0.15, 0.2) is 53.5 Å². The van der Waals surface area contributed by atoms with Crippen molar-refractivity contribution in [2.24, 2.45) is 5.73 Å². The van der Waals surface area contributed by atoms with Crippen LogP contribution in [0.3, 0.4) is 0 Å². The molecule has 1 aromatic carbocycles. The maximum atomic E-state index is 12.1. The Kier molecular flexibility index (Phi) is 4.27. The van der Waals surface area contributed by atoms with Crippen molar-refractivity contribution in [3.63, 3.8) is 0 Å².